The number of para-hydroxylation sites is 1. The molecule has 0 N–H and O–H groups in total. The molecule has 8 aromatic carbocycles. The summed E-state index contributed by atoms with van der Waals surface area (Å²) in [7, 11) is 0. The van der Waals surface area contributed by atoms with E-state index in [0.29, 0.717) is 0 Å². The summed E-state index contributed by atoms with van der Waals surface area (Å²) in [6.07, 6.45) is 1.90. The van der Waals surface area contributed by atoms with Gasteiger partial charge in [-0.25, -0.2) is 0 Å². The Balaban J connectivity index is 1.21. The number of furan rings is 1. The number of hydrogen-bond acceptors (Lipinski definition) is 3. The first-order valence-corrected chi connectivity index (χ1v) is 17.0. The minimum absolute atomic E-state index is 0.755. The lowest BCUT2D eigenvalue weighted by Gasteiger charge is -2.28. The maximum absolute atomic E-state index is 6.87. The second kappa shape index (κ2) is 11.5. The summed E-state index contributed by atoms with van der Waals surface area (Å²) >= 11 is 0. The van der Waals surface area contributed by atoms with Crippen molar-refractivity contribution in [2.24, 2.45) is 0 Å². The van der Waals surface area contributed by atoms with Crippen molar-refractivity contribution in [2.45, 2.75) is 0 Å². The molecule has 3 nitrogen and oxygen atoms in total. The molecule has 50 heavy (non-hydrogen) atoms. The minimum Gasteiger partial charge on any atom is -0.451 e. The Morgan fingerprint density at radius 1 is 0.400 bits per heavy atom. The van der Waals surface area contributed by atoms with Gasteiger partial charge in [0.2, 0.25) is 0 Å². The van der Waals surface area contributed by atoms with E-state index >= 15 is 0 Å². The molecule has 0 atom stereocenters. The van der Waals surface area contributed by atoms with Gasteiger partial charge in [0.1, 0.15) is 11.1 Å². The smallest absolute Gasteiger partial charge is 0.177 e. The number of benzene rings is 8. The van der Waals surface area contributed by atoms with Crippen LogP contribution >= 0.6 is 0 Å². The standard InChI is InChI=1S/C47H30N2O/c1-2-13-35-30-36(21-20-31(35)10-1)32-22-25-37(26-23-32)49(43-19-8-7-17-41(43)40-18-9-14-33-11-3-5-15-38(33)40)44-28-29-48-45-42-27-24-34-12-4-6-16-39(34)46(42)50-47(44)45/h1-30H. The molecule has 0 radical (unpaired) electrons. The lowest BCUT2D eigenvalue weighted by molar-refractivity contribution is 0.672. The molecule has 0 aliphatic carbocycles. The van der Waals surface area contributed by atoms with Crippen LogP contribution in [-0.2, 0) is 0 Å². The van der Waals surface area contributed by atoms with Crippen LogP contribution in [0, 0.1) is 0 Å². The highest BCUT2D eigenvalue weighted by molar-refractivity contribution is 6.16. The average Bonchev–Trinajstić information content (AvgIpc) is 3.58. The van der Waals surface area contributed by atoms with Crippen LogP contribution in [0.1, 0.15) is 0 Å². The quantitative estimate of drug-likeness (QED) is 0.188. The molecular weight excluding hydrogens is 609 g/mol. The van der Waals surface area contributed by atoms with E-state index in [1.807, 2.05) is 6.20 Å². The molecule has 0 fully saturated rings. The van der Waals surface area contributed by atoms with E-state index in [2.05, 4.69) is 181 Å². The number of hydrogen-bond donors (Lipinski definition) is 0. The van der Waals surface area contributed by atoms with Gasteiger partial charge in [0, 0.05) is 28.2 Å². The van der Waals surface area contributed by atoms with Gasteiger partial charge in [0.05, 0.1) is 11.4 Å². The summed E-state index contributed by atoms with van der Waals surface area (Å²) in [6.45, 7) is 0. The van der Waals surface area contributed by atoms with Crippen LogP contribution in [0.3, 0.4) is 0 Å². The molecule has 0 aliphatic heterocycles. The fourth-order valence-corrected chi connectivity index (χ4v) is 7.48. The van der Waals surface area contributed by atoms with Crippen LogP contribution in [0.2, 0.25) is 0 Å². The van der Waals surface area contributed by atoms with Crippen molar-refractivity contribution in [3.05, 3.63) is 182 Å². The van der Waals surface area contributed by atoms with Crippen molar-refractivity contribution < 1.29 is 4.42 Å². The lowest BCUT2D eigenvalue weighted by atomic mass is 9.96. The zero-order valence-corrected chi connectivity index (χ0v) is 27.1. The van der Waals surface area contributed by atoms with Crippen molar-refractivity contribution >= 4 is 71.4 Å². The van der Waals surface area contributed by atoms with Crippen LogP contribution in [0.15, 0.2) is 187 Å². The number of anilines is 3. The molecule has 2 aromatic heterocycles. The van der Waals surface area contributed by atoms with Gasteiger partial charge >= 0.3 is 0 Å². The Bertz CT molecular complexity index is 2880. The van der Waals surface area contributed by atoms with Gasteiger partial charge in [-0.05, 0) is 80.0 Å². The summed E-state index contributed by atoms with van der Waals surface area (Å²) in [5.74, 6) is 0. The maximum Gasteiger partial charge on any atom is 0.177 e. The summed E-state index contributed by atoms with van der Waals surface area (Å²) in [6, 6.07) is 62.6. The molecule has 10 rings (SSSR count). The molecule has 0 bridgehead atoms. The van der Waals surface area contributed by atoms with Crippen LogP contribution in [0.4, 0.5) is 17.1 Å². The lowest BCUT2D eigenvalue weighted by Crippen LogP contribution is -2.11. The first kappa shape index (κ1) is 28.3. The molecule has 0 saturated heterocycles. The van der Waals surface area contributed by atoms with Crippen LogP contribution < -0.4 is 4.90 Å². The molecule has 2 heterocycles. The van der Waals surface area contributed by atoms with Gasteiger partial charge in [-0.1, -0.05) is 140 Å². The topological polar surface area (TPSA) is 29.3 Å². The fraction of sp³-hybridized carbons (Fsp3) is 0. The number of aromatic nitrogens is 1. The van der Waals surface area contributed by atoms with Gasteiger partial charge in [-0.15, -0.1) is 0 Å². The third kappa shape index (κ3) is 4.56. The van der Waals surface area contributed by atoms with Gasteiger partial charge in [-0.2, -0.15) is 0 Å². The highest BCUT2D eigenvalue weighted by Gasteiger charge is 2.23. The number of rotatable bonds is 5. The molecule has 0 aliphatic rings. The van der Waals surface area contributed by atoms with E-state index in [0.717, 1.165) is 61.0 Å². The zero-order valence-electron chi connectivity index (χ0n) is 27.1. The van der Waals surface area contributed by atoms with Crippen LogP contribution in [-0.4, -0.2) is 4.98 Å². The zero-order chi connectivity index (χ0) is 33.0. The van der Waals surface area contributed by atoms with Crippen LogP contribution in [0.5, 0.6) is 0 Å². The highest BCUT2D eigenvalue weighted by atomic mass is 16.3. The van der Waals surface area contributed by atoms with Crippen LogP contribution in [0.25, 0.3) is 76.6 Å². The van der Waals surface area contributed by atoms with Gasteiger partial charge in [0.15, 0.2) is 5.58 Å². The molecule has 0 spiro atoms. The summed E-state index contributed by atoms with van der Waals surface area (Å²) in [5.41, 5.74) is 10.1. The van der Waals surface area contributed by atoms with Crippen molar-refractivity contribution in [1.29, 1.82) is 0 Å². The van der Waals surface area contributed by atoms with Crippen molar-refractivity contribution in [3.8, 4) is 22.3 Å². The Morgan fingerprint density at radius 2 is 1.04 bits per heavy atom. The van der Waals surface area contributed by atoms with E-state index in [1.165, 1.54) is 32.7 Å². The molecular formula is C47H30N2O. The van der Waals surface area contributed by atoms with E-state index < -0.39 is 0 Å². The second-order valence-corrected chi connectivity index (χ2v) is 12.8. The van der Waals surface area contributed by atoms with E-state index in [-0.39, 0.29) is 0 Å². The Labute approximate surface area is 289 Å². The molecule has 0 amide bonds. The van der Waals surface area contributed by atoms with Gasteiger partial charge in [-0.3, -0.25) is 4.98 Å². The highest BCUT2D eigenvalue weighted by Crippen LogP contribution is 2.46. The Morgan fingerprint density at radius 3 is 1.90 bits per heavy atom. The number of nitrogens with zero attached hydrogens (tertiary/aromatic N) is 2. The third-order valence-corrected chi connectivity index (χ3v) is 9.90. The maximum atomic E-state index is 6.87. The molecule has 3 heteroatoms. The van der Waals surface area contributed by atoms with E-state index in [9.17, 15) is 0 Å². The largest absolute Gasteiger partial charge is 0.451 e. The first-order chi connectivity index (χ1) is 24.8. The van der Waals surface area contributed by atoms with Gasteiger partial charge < -0.3 is 9.32 Å². The fourth-order valence-electron chi connectivity index (χ4n) is 7.48. The monoisotopic (exact) mass is 638 g/mol. The molecule has 0 saturated carbocycles. The van der Waals surface area contributed by atoms with Crippen molar-refractivity contribution in [1.82, 2.24) is 4.98 Å². The minimum atomic E-state index is 0.755. The van der Waals surface area contributed by atoms with E-state index in [1.54, 1.807) is 0 Å². The average molecular weight is 639 g/mol. The molecule has 10 aromatic rings. The number of fused-ring (bicyclic) bond motifs is 7. The SMILES string of the molecule is c1ccc(N(c2ccc(-c3ccc4ccccc4c3)cc2)c2ccnc3c2oc2c4ccccc4ccc32)c(-c2cccc3ccccc23)c1. The molecule has 0 unspecified atom stereocenters. The predicted octanol–water partition coefficient (Wildman–Crippen LogP) is 13.2. The van der Waals surface area contributed by atoms with E-state index in [4.69, 9.17) is 9.40 Å². The summed E-state index contributed by atoms with van der Waals surface area (Å²) in [4.78, 5) is 7.22. The van der Waals surface area contributed by atoms with Crippen molar-refractivity contribution in [2.75, 3.05) is 4.90 Å². The molecule has 234 valence electrons. The first-order valence-electron chi connectivity index (χ1n) is 17.0. The predicted molar refractivity (Wildman–Crippen MR) is 210 cm³/mol. The number of pyridine rings is 1. The third-order valence-electron chi connectivity index (χ3n) is 9.90. The Hall–Kier alpha value is -6.71. The van der Waals surface area contributed by atoms with Crippen molar-refractivity contribution in [3.63, 3.8) is 0 Å². The second-order valence-electron chi connectivity index (χ2n) is 12.8. The normalized spacial score (nSPS) is 11.6. The van der Waals surface area contributed by atoms with Gasteiger partial charge in [0.25, 0.3) is 0 Å². The Kier molecular flexibility index (Phi) is 6.49. The summed E-state index contributed by atoms with van der Waals surface area (Å²) < 4.78 is 6.87. The summed E-state index contributed by atoms with van der Waals surface area (Å²) in [5, 5.41) is 8.13.